The van der Waals surface area contributed by atoms with Crippen LogP contribution in [0.3, 0.4) is 0 Å². The van der Waals surface area contributed by atoms with Crippen molar-refractivity contribution in [1.29, 1.82) is 0 Å². The van der Waals surface area contributed by atoms with Gasteiger partial charge in [0.05, 0.1) is 5.92 Å². The first kappa shape index (κ1) is 9.04. The van der Waals surface area contributed by atoms with E-state index < -0.39 is 0 Å². The molecule has 0 radical (unpaired) electrons. The zero-order chi connectivity index (χ0) is 9.42. The molecule has 0 saturated carbocycles. The van der Waals surface area contributed by atoms with Gasteiger partial charge in [-0.25, -0.2) is 0 Å². The molecule has 0 spiro atoms. The molecule has 0 aromatic carbocycles. The fraction of sp³-hybridized carbons (Fsp3) is 0.909. The first-order chi connectivity index (χ1) is 6.18. The van der Waals surface area contributed by atoms with E-state index in [1.165, 1.54) is 18.7 Å². The molecule has 0 aliphatic carbocycles. The van der Waals surface area contributed by atoms with Gasteiger partial charge in [0.2, 0.25) is 0 Å². The SMILES string of the molecule is CC1CC(C)C2=[N+](CCO2)C(C)C1. The Labute approximate surface area is 80.6 Å². The van der Waals surface area contributed by atoms with Gasteiger partial charge in [0, 0.05) is 6.42 Å². The minimum atomic E-state index is 0.627. The third kappa shape index (κ3) is 1.59. The van der Waals surface area contributed by atoms with Crippen molar-refractivity contribution >= 4 is 5.90 Å². The highest BCUT2D eigenvalue weighted by atomic mass is 16.5. The van der Waals surface area contributed by atoms with Crippen LogP contribution in [-0.4, -0.2) is 29.7 Å². The summed E-state index contributed by atoms with van der Waals surface area (Å²) in [7, 11) is 0. The largest absolute Gasteiger partial charge is 0.441 e. The van der Waals surface area contributed by atoms with Crippen molar-refractivity contribution in [2.24, 2.45) is 11.8 Å². The minimum absolute atomic E-state index is 0.627. The molecule has 2 heteroatoms. The van der Waals surface area contributed by atoms with Crippen molar-refractivity contribution < 1.29 is 9.31 Å². The van der Waals surface area contributed by atoms with E-state index >= 15 is 0 Å². The maximum atomic E-state index is 5.71. The fourth-order valence-electron chi connectivity index (χ4n) is 2.81. The van der Waals surface area contributed by atoms with E-state index in [-0.39, 0.29) is 0 Å². The molecule has 0 N–H and O–H groups in total. The maximum Gasteiger partial charge on any atom is 0.339 e. The molecule has 0 amide bonds. The second kappa shape index (κ2) is 3.32. The molecular weight excluding hydrogens is 162 g/mol. The molecule has 2 aliphatic heterocycles. The van der Waals surface area contributed by atoms with Gasteiger partial charge in [-0.2, -0.15) is 4.58 Å². The topological polar surface area (TPSA) is 12.2 Å². The van der Waals surface area contributed by atoms with Crippen molar-refractivity contribution in [3.8, 4) is 0 Å². The van der Waals surface area contributed by atoms with Gasteiger partial charge >= 0.3 is 5.90 Å². The molecule has 2 rings (SSSR count). The molecule has 2 nitrogen and oxygen atoms in total. The Morgan fingerprint density at radius 2 is 2.00 bits per heavy atom. The molecule has 3 unspecified atom stereocenters. The Bertz CT molecular complexity index is 212. The molecule has 0 aromatic rings. The summed E-state index contributed by atoms with van der Waals surface area (Å²) in [6, 6.07) is 0.678. The number of hydrogen-bond acceptors (Lipinski definition) is 1. The average Bonchev–Trinajstić information content (AvgIpc) is 2.47. The van der Waals surface area contributed by atoms with Gasteiger partial charge in [-0.15, -0.1) is 0 Å². The molecular formula is C11H20NO+. The average molecular weight is 182 g/mol. The van der Waals surface area contributed by atoms with E-state index in [1.54, 1.807) is 0 Å². The van der Waals surface area contributed by atoms with Crippen LogP contribution in [0.1, 0.15) is 33.6 Å². The number of ether oxygens (including phenoxy) is 1. The van der Waals surface area contributed by atoms with Gasteiger partial charge in [0.1, 0.15) is 0 Å². The summed E-state index contributed by atoms with van der Waals surface area (Å²) in [6.45, 7) is 8.98. The third-order valence-electron chi connectivity index (χ3n) is 3.32. The summed E-state index contributed by atoms with van der Waals surface area (Å²) in [5.41, 5.74) is 0. The molecule has 2 heterocycles. The van der Waals surface area contributed by atoms with Crippen molar-refractivity contribution in [2.45, 2.75) is 39.7 Å². The van der Waals surface area contributed by atoms with Crippen LogP contribution < -0.4 is 0 Å². The standard InChI is InChI=1S/C11H20NO/c1-8-6-9(2)11-12(4-5-13-11)10(3)7-8/h8-10H,4-7H2,1-3H3/q+1. The summed E-state index contributed by atoms with van der Waals surface area (Å²) in [4.78, 5) is 0. The van der Waals surface area contributed by atoms with E-state index in [4.69, 9.17) is 4.74 Å². The highest BCUT2D eigenvalue weighted by molar-refractivity contribution is 5.74. The lowest BCUT2D eigenvalue weighted by Crippen LogP contribution is -2.26. The summed E-state index contributed by atoms with van der Waals surface area (Å²) < 4.78 is 8.18. The lowest BCUT2D eigenvalue weighted by molar-refractivity contribution is -0.555. The molecule has 0 saturated heterocycles. The van der Waals surface area contributed by atoms with Crippen LogP contribution in [0.25, 0.3) is 0 Å². The van der Waals surface area contributed by atoms with Gasteiger partial charge in [0.25, 0.3) is 0 Å². The fourth-order valence-corrected chi connectivity index (χ4v) is 2.81. The summed E-state index contributed by atoms with van der Waals surface area (Å²) >= 11 is 0. The number of hydrogen-bond donors (Lipinski definition) is 0. The van der Waals surface area contributed by atoms with E-state index in [9.17, 15) is 0 Å². The second-order valence-corrected chi connectivity index (χ2v) is 4.71. The third-order valence-corrected chi connectivity index (χ3v) is 3.32. The predicted octanol–water partition coefficient (Wildman–Crippen LogP) is 1.88. The smallest absolute Gasteiger partial charge is 0.339 e. The van der Waals surface area contributed by atoms with Crippen LogP contribution in [0.2, 0.25) is 0 Å². The molecule has 0 bridgehead atoms. The molecule has 0 aromatic heterocycles. The van der Waals surface area contributed by atoms with Crippen LogP contribution in [-0.2, 0) is 4.74 Å². The van der Waals surface area contributed by atoms with Crippen LogP contribution in [0.4, 0.5) is 0 Å². The quantitative estimate of drug-likeness (QED) is 0.521. The van der Waals surface area contributed by atoms with Gasteiger partial charge in [-0.1, -0.05) is 6.92 Å². The molecule has 74 valence electrons. The minimum Gasteiger partial charge on any atom is -0.441 e. The first-order valence-corrected chi connectivity index (χ1v) is 5.44. The lowest BCUT2D eigenvalue weighted by Gasteiger charge is -2.10. The van der Waals surface area contributed by atoms with Gasteiger partial charge in [-0.05, 0) is 26.2 Å². The Morgan fingerprint density at radius 3 is 2.77 bits per heavy atom. The van der Waals surface area contributed by atoms with E-state index in [0.29, 0.717) is 12.0 Å². The van der Waals surface area contributed by atoms with Crippen LogP contribution >= 0.6 is 0 Å². The van der Waals surface area contributed by atoms with Crippen molar-refractivity contribution in [2.75, 3.05) is 13.2 Å². The van der Waals surface area contributed by atoms with Crippen LogP contribution in [0.15, 0.2) is 0 Å². The van der Waals surface area contributed by atoms with E-state index in [2.05, 4.69) is 25.3 Å². The monoisotopic (exact) mass is 182 g/mol. The van der Waals surface area contributed by atoms with Crippen molar-refractivity contribution in [1.82, 2.24) is 0 Å². The number of nitrogens with zero attached hydrogens (tertiary/aromatic N) is 1. The van der Waals surface area contributed by atoms with Crippen molar-refractivity contribution in [3.05, 3.63) is 0 Å². The number of rotatable bonds is 0. The Balaban J connectivity index is 2.24. The van der Waals surface area contributed by atoms with Gasteiger partial charge in [0.15, 0.2) is 19.2 Å². The highest BCUT2D eigenvalue weighted by Crippen LogP contribution is 2.25. The van der Waals surface area contributed by atoms with Crippen molar-refractivity contribution in [3.63, 3.8) is 0 Å². The molecule has 13 heavy (non-hydrogen) atoms. The van der Waals surface area contributed by atoms with Gasteiger partial charge in [-0.3, -0.25) is 0 Å². The molecule has 3 atom stereocenters. The Kier molecular flexibility index (Phi) is 2.31. The second-order valence-electron chi connectivity index (χ2n) is 4.71. The van der Waals surface area contributed by atoms with Crippen LogP contribution in [0.5, 0.6) is 0 Å². The summed E-state index contributed by atoms with van der Waals surface area (Å²) in [5, 5.41) is 0. The summed E-state index contributed by atoms with van der Waals surface area (Å²) in [5.74, 6) is 2.73. The maximum absolute atomic E-state index is 5.71. The normalized spacial score (nSPS) is 39.8. The Hall–Kier alpha value is -0.530. The molecule has 0 fully saturated rings. The lowest BCUT2D eigenvalue weighted by atomic mass is 9.94. The van der Waals surface area contributed by atoms with Gasteiger partial charge < -0.3 is 4.74 Å². The summed E-state index contributed by atoms with van der Waals surface area (Å²) in [6.07, 6.45) is 2.60. The van der Waals surface area contributed by atoms with E-state index in [0.717, 1.165) is 19.1 Å². The Morgan fingerprint density at radius 1 is 1.23 bits per heavy atom. The zero-order valence-corrected chi connectivity index (χ0v) is 8.92. The zero-order valence-electron chi connectivity index (χ0n) is 8.92. The molecule has 2 aliphatic rings. The first-order valence-electron chi connectivity index (χ1n) is 5.44. The van der Waals surface area contributed by atoms with Crippen LogP contribution in [0, 0.1) is 11.8 Å². The predicted molar refractivity (Wildman–Crippen MR) is 53.1 cm³/mol. The van der Waals surface area contributed by atoms with E-state index in [1.807, 2.05) is 0 Å². The highest BCUT2D eigenvalue weighted by Gasteiger charge is 2.37.